The van der Waals surface area contributed by atoms with Crippen molar-refractivity contribution in [2.75, 3.05) is 4.72 Å². The average Bonchev–Trinajstić information content (AvgIpc) is 2.83. The fourth-order valence-corrected chi connectivity index (χ4v) is 2.81. The van der Waals surface area contributed by atoms with Crippen LogP contribution >= 0.6 is 35.1 Å². The number of hydrogen-bond donors (Lipinski definition) is 2. The maximum atomic E-state index is 13.7. The van der Waals surface area contributed by atoms with E-state index < -0.39 is 11.6 Å². The van der Waals surface area contributed by atoms with E-state index in [-0.39, 0.29) is 10.7 Å². The molecule has 3 nitrogen and oxygen atoms in total. The Morgan fingerprint density at radius 1 is 1.10 bits per heavy atom. The van der Waals surface area contributed by atoms with E-state index in [4.69, 9.17) is 23.2 Å². The SMILES string of the molecule is Fc1cc(NSc2n[nH]c3cc(Cl)ccc23)c(F)cc1Cl. The van der Waals surface area contributed by atoms with Gasteiger partial charge in [-0.25, -0.2) is 8.78 Å². The van der Waals surface area contributed by atoms with E-state index in [2.05, 4.69) is 14.9 Å². The summed E-state index contributed by atoms with van der Waals surface area (Å²) in [6.45, 7) is 0. The van der Waals surface area contributed by atoms with Gasteiger partial charge in [-0.05, 0) is 24.3 Å². The lowest BCUT2D eigenvalue weighted by Crippen LogP contribution is -1.93. The van der Waals surface area contributed by atoms with Gasteiger partial charge >= 0.3 is 0 Å². The van der Waals surface area contributed by atoms with Gasteiger partial charge in [-0.15, -0.1) is 0 Å². The van der Waals surface area contributed by atoms with Crippen molar-refractivity contribution < 1.29 is 8.78 Å². The number of halogens is 4. The number of nitrogens with one attached hydrogen (secondary N) is 2. The second-order valence-corrected chi connectivity index (χ2v) is 5.81. The van der Waals surface area contributed by atoms with Crippen LogP contribution in [-0.4, -0.2) is 10.2 Å². The third-order valence-corrected chi connectivity index (χ3v) is 4.11. The lowest BCUT2D eigenvalue weighted by Gasteiger charge is -2.06. The van der Waals surface area contributed by atoms with Crippen molar-refractivity contribution in [1.29, 1.82) is 0 Å². The zero-order valence-corrected chi connectivity index (χ0v) is 12.6. The first kappa shape index (κ1) is 14.4. The largest absolute Gasteiger partial charge is 0.322 e. The summed E-state index contributed by atoms with van der Waals surface area (Å²) in [5.41, 5.74) is 0.751. The van der Waals surface area contributed by atoms with E-state index in [9.17, 15) is 8.78 Å². The summed E-state index contributed by atoms with van der Waals surface area (Å²) in [5.74, 6) is -1.34. The van der Waals surface area contributed by atoms with Crippen molar-refractivity contribution in [2.45, 2.75) is 5.03 Å². The minimum absolute atomic E-state index is 0.00739. The first-order valence-corrected chi connectivity index (χ1v) is 7.33. The van der Waals surface area contributed by atoms with Gasteiger partial charge in [0, 0.05) is 28.4 Å². The molecule has 0 aliphatic carbocycles. The van der Waals surface area contributed by atoms with Crippen molar-refractivity contribution in [1.82, 2.24) is 10.2 Å². The molecule has 0 unspecified atom stereocenters. The van der Waals surface area contributed by atoms with E-state index >= 15 is 0 Å². The quantitative estimate of drug-likeness (QED) is 0.502. The predicted octanol–water partition coefficient (Wildman–Crippen LogP) is 5.27. The number of fused-ring (bicyclic) bond motifs is 1. The van der Waals surface area contributed by atoms with Crippen LogP contribution in [0.2, 0.25) is 10.0 Å². The summed E-state index contributed by atoms with van der Waals surface area (Å²) in [6, 6.07) is 7.17. The highest BCUT2D eigenvalue weighted by molar-refractivity contribution is 8.00. The second-order valence-electron chi connectivity index (χ2n) is 4.17. The smallest absolute Gasteiger partial charge is 0.148 e. The van der Waals surface area contributed by atoms with Crippen molar-refractivity contribution >= 4 is 51.7 Å². The van der Waals surface area contributed by atoms with E-state index in [0.717, 1.165) is 35.0 Å². The monoisotopic (exact) mass is 345 g/mol. The summed E-state index contributed by atoms with van der Waals surface area (Å²) in [6.07, 6.45) is 0. The average molecular weight is 346 g/mol. The number of benzene rings is 2. The van der Waals surface area contributed by atoms with Crippen LogP contribution in [0.25, 0.3) is 10.9 Å². The minimum Gasteiger partial charge on any atom is -0.322 e. The molecule has 0 amide bonds. The molecule has 0 bridgehead atoms. The van der Waals surface area contributed by atoms with Crippen molar-refractivity contribution in [3.8, 4) is 0 Å². The topological polar surface area (TPSA) is 40.7 Å². The Hall–Kier alpha value is -1.50. The van der Waals surface area contributed by atoms with Crippen LogP contribution in [0.3, 0.4) is 0 Å². The maximum Gasteiger partial charge on any atom is 0.148 e. The van der Waals surface area contributed by atoms with Gasteiger partial charge in [-0.3, -0.25) is 5.10 Å². The lowest BCUT2D eigenvalue weighted by molar-refractivity contribution is 0.604. The molecule has 3 aromatic rings. The number of aromatic nitrogens is 2. The summed E-state index contributed by atoms with van der Waals surface area (Å²) in [5, 5.41) is 8.65. The number of nitrogens with zero attached hydrogens (tertiary/aromatic N) is 1. The van der Waals surface area contributed by atoms with Gasteiger partial charge in [0.1, 0.15) is 16.7 Å². The molecule has 0 radical (unpaired) electrons. The third kappa shape index (κ3) is 2.92. The van der Waals surface area contributed by atoms with Gasteiger partial charge in [0.15, 0.2) is 0 Å². The molecule has 8 heteroatoms. The van der Waals surface area contributed by atoms with E-state index in [1.165, 1.54) is 0 Å². The zero-order chi connectivity index (χ0) is 15.0. The highest BCUT2D eigenvalue weighted by atomic mass is 35.5. The first-order chi connectivity index (χ1) is 10.0. The highest BCUT2D eigenvalue weighted by Gasteiger charge is 2.11. The Bertz CT molecular complexity index is 823. The minimum atomic E-state index is -0.695. The normalized spacial score (nSPS) is 11.0. The Morgan fingerprint density at radius 2 is 1.90 bits per heavy atom. The molecule has 0 spiro atoms. The third-order valence-electron chi connectivity index (χ3n) is 2.76. The van der Waals surface area contributed by atoms with Crippen molar-refractivity contribution in [2.24, 2.45) is 0 Å². The number of anilines is 1. The molecule has 1 aromatic heterocycles. The standard InChI is InChI=1S/C13H7Cl2F2N3S/c14-6-1-2-7-11(3-6)18-19-13(7)21-20-12-5-9(16)8(15)4-10(12)17/h1-5,20H,(H,18,19). The summed E-state index contributed by atoms with van der Waals surface area (Å²) in [7, 11) is 0. The molecule has 0 fully saturated rings. The molecule has 0 aliphatic heterocycles. The first-order valence-electron chi connectivity index (χ1n) is 5.75. The van der Waals surface area contributed by atoms with Crippen LogP contribution in [0.4, 0.5) is 14.5 Å². The van der Waals surface area contributed by atoms with E-state index in [1.54, 1.807) is 18.2 Å². The van der Waals surface area contributed by atoms with Crippen LogP contribution in [-0.2, 0) is 0 Å². The number of hydrogen-bond acceptors (Lipinski definition) is 3. The summed E-state index contributed by atoms with van der Waals surface area (Å²) >= 11 is 12.4. The van der Waals surface area contributed by atoms with Crippen LogP contribution in [0.5, 0.6) is 0 Å². The zero-order valence-electron chi connectivity index (χ0n) is 10.3. The summed E-state index contributed by atoms with van der Waals surface area (Å²) < 4.78 is 29.7. The molecule has 21 heavy (non-hydrogen) atoms. The molecular weight excluding hydrogens is 339 g/mol. The Balaban J connectivity index is 1.85. The molecule has 0 aliphatic rings. The molecule has 0 atom stereocenters. The van der Waals surface area contributed by atoms with Gasteiger partial charge < -0.3 is 4.72 Å². The Kier molecular flexibility index (Phi) is 3.93. The molecule has 2 aromatic carbocycles. The molecule has 3 rings (SSSR count). The van der Waals surface area contributed by atoms with E-state index in [1.807, 2.05) is 0 Å². The van der Waals surface area contributed by atoms with Gasteiger partial charge in [-0.2, -0.15) is 5.10 Å². The lowest BCUT2D eigenvalue weighted by atomic mass is 10.3. The Labute approximate surface area is 132 Å². The van der Waals surface area contributed by atoms with Crippen LogP contribution < -0.4 is 4.72 Å². The van der Waals surface area contributed by atoms with Gasteiger partial charge in [0.05, 0.1) is 16.2 Å². The van der Waals surface area contributed by atoms with Crippen molar-refractivity contribution in [3.05, 3.63) is 52.0 Å². The van der Waals surface area contributed by atoms with Gasteiger partial charge in [-0.1, -0.05) is 23.2 Å². The predicted molar refractivity (Wildman–Crippen MR) is 82.0 cm³/mol. The van der Waals surface area contributed by atoms with Gasteiger partial charge in [0.2, 0.25) is 0 Å². The van der Waals surface area contributed by atoms with Crippen molar-refractivity contribution in [3.63, 3.8) is 0 Å². The molecule has 1 heterocycles. The fourth-order valence-electron chi connectivity index (χ4n) is 1.75. The van der Waals surface area contributed by atoms with Crippen LogP contribution in [0, 0.1) is 11.6 Å². The van der Waals surface area contributed by atoms with Gasteiger partial charge in [0.25, 0.3) is 0 Å². The number of rotatable bonds is 3. The molecular formula is C13H7Cl2F2N3S. The Morgan fingerprint density at radius 3 is 2.71 bits per heavy atom. The second kappa shape index (κ2) is 5.71. The summed E-state index contributed by atoms with van der Waals surface area (Å²) in [4.78, 5) is 0. The molecule has 0 saturated carbocycles. The number of aromatic amines is 1. The van der Waals surface area contributed by atoms with Crippen LogP contribution in [0.1, 0.15) is 0 Å². The number of H-pyrrole nitrogens is 1. The molecule has 0 saturated heterocycles. The maximum absolute atomic E-state index is 13.7. The van der Waals surface area contributed by atoms with E-state index in [0.29, 0.717) is 10.0 Å². The molecule has 108 valence electrons. The van der Waals surface area contributed by atoms with Crippen LogP contribution in [0.15, 0.2) is 35.4 Å². The molecule has 2 N–H and O–H groups in total. The highest BCUT2D eigenvalue weighted by Crippen LogP contribution is 2.30. The fraction of sp³-hybridized carbons (Fsp3) is 0.